The van der Waals surface area contributed by atoms with Gasteiger partial charge in [-0.1, -0.05) is 33.1 Å². The summed E-state index contributed by atoms with van der Waals surface area (Å²) in [7, 11) is 0. The van der Waals surface area contributed by atoms with Crippen LogP contribution in [0.5, 0.6) is 5.75 Å². The minimum atomic E-state index is 0.178. The van der Waals surface area contributed by atoms with Crippen molar-refractivity contribution < 1.29 is 9.53 Å². The fourth-order valence-corrected chi connectivity index (χ4v) is 2.99. The van der Waals surface area contributed by atoms with Gasteiger partial charge in [-0.25, -0.2) is 0 Å². The van der Waals surface area contributed by atoms with Crippen LogP contribution < -0.4 is 4.74 Å². The molecule has 0 aliphatic heterocycles. The molecule has 2 rings (SSSR count). The smallest absolute Gasteiger partial charge is 0.167 e. The number of carbonyl (C=O) groups excluding carboxylic acids is 1. The molecule has 1 fully saturated rings. The minimum Gasteiger partial charge on any atom is -0.492 e. The van der Waals surface area contributed by atoms with E-state index >= 15 is 0 Å². The highest BCUT2D eigenvalue weighted by Crippen LogP contribution is 2.33. The number of rotatable bonds is 6. The van der Waals surface area contributed by atoms with Crippen molar-refractivity contribution in [2.75, 3.05) is 6.61 Å². The highest BCUT2D eigenvalue weighted by atomic mass is 16.5. The monoisotopic (exact) mass is 275 g/mol. The van der Waals surface area contributed by atoms with Crippen molar-refractivity contribution >= 4 is 5.78 Å². The maximum atomic E-state index is 12.6. The summed E-state index contributed by atoms with van der Waals surface area (Å²) in [6, 6.07) is 1.85. The van der Waals surface area contributed by atoms with Crippen LogP contribution in [0.25, 0.3) is 0 Å². The van der Waals surface area contributed by atoms with Crippen LogP contribution in [-0.2, 0) is 0 Å². The molecule has 0 amide bonds. The number of nitrogens with zero attached hydrogens (tertiary/aromatic N) is 1. The Kier molecular flexibility index (Phi) is 5.57. The van der Waals surface area contributed by atoms with Crippen molar-refractivity contribution in [1.29, 1.82) is 0 Å². The van der Waals surface area contributed by atoms with Crippen molar-refractivity contribution in [2.45, 2.75) is 52.4 Å². The number of hydrogen-bond acceptors (Lipinski definition) is 3. The molecule has 110 valence electrons. The van der Waals surface area contributed by atoms with Crippen molar-refractivity contribution in [3.63, 3.8) is 0 Å². The number of ketones is 1. The third kappa shape index (κ3) is 3.81. The summed E-state index contributed by atoms with van der Waals surface area (Å²) in [6.07, 6.45) is 10.0. The fourth-order valence-electron chi connectivity index (χ4n) is 2.99. The molecule has 0 aromatic carbocycles. The Bertz CT molecular complexity index is 444. The number of Topliss-reactive ketones (excluding diaryl/α,β-unsaturated/α-hetero) is 1. The van der Waals surface area contributed by atoms with Gasteiger partial charge in [-0.3, -0.25) is 9.78 Å². The molecule has 1 aromatic rings. The average molecular weight is 275 g/mol. The maximum Gasteiger partial charge on any atom is 0.167 e. The summed E-state index contributed by atoms with van der Waals surface area (Å²) in [5.41, 5.74) is 0.709. The second-order valence-corrected chi connectivity index (χ2v) is 5.76. The summed E-state index contributed by atoms with van der Waals surface area (Å²) in [6.45, 7) is 4.95. The molecule has 1 heterocycles. The molecule has 0 N–H and O–H groups in total. The Morgan fingerprint density at radius 3 is 2.95 bits per heavy atom. The largest absolute Gasteiger partial charge is 0.492 e. The normalized spacial score (nSPS) is 22.5. The number of hydrogen-bond donors (Lipinski definition) is 0. The molecule has 2 unspecified atom stereocenters. The predicted molar refractivity (Wildman–Crippen MR) is 80.1 cm³/mol. The first-order chi connectivity index (χ1) is 9.74. The molecule has 1 saturated carbocycles. The first kappa shape index (κ1) is 15.0. The van der Waals surface area contributed by atoms with Crippen molar-refractivity contribution in [2.24, 2.45) is 11.8 Å². The lowest BCUT2D eigenvalue weighted by Crippen LogP contribution is -2.23. The second-order valence-electron chi connectivity index (χ2n) is 5.76. The predicted octanol–water partition coefficient (Wildman–Crippen LogP) is 4.27. The maximum absolute atomic E-state index is 12.6. The minimum absolute atomic E-state index is 0.178. The van der Waals surface area contributed by atoms with Gasteiger partial charge in [0.15, 0.2) is 5.78 Å². The third-order valence-corrected chi connectivity index (χ3v) is 4.20. The lowest BCUT2D eigenvalue weighted by atomic mass is 9.77. The van der Waals surface area contributed by atoms with Gasteiger partial charge in [-0.2, -0.15) is 0 Å². The number of aromatic nitrogens is 1. The van der Waals surface area contributed by atoms with E-state index in [0.717, 1.165) is 19.3 Å². The van der Waals surface area contributed by atoms with Gasteiger partial charge in [-0.05, 0) is 31.2 Å². The first-order valence-corrected chi connectivity index (χ1v) is 7.86. The van der Waals surface area contributed by atoms with Gasteiger partial charge in [0.25, 0.3) is 0 Å². The van der Waals surface area contributed by atoms with E-state index in [1.165, 1.54) is 19.3 Å². The van der Waals surface area contributed by atoms with Crippen LogP contribution in [0.4, 0.5) is 0 Å². The molecular formula is C17H25NO2. The highest BCUT2D eigenvalue weighted by Gasteiger charge is 2.27. The molecule has 0 bridgehead atoms. The van der Waals surface area contributed by atoms with Gasteiger partial charge in [0.1, 0.15) is 5.75 Å². The molecule has 1 aromatic heterocycles. The molecule has 1 aliphatic carbocycles. The van der Waals surface area contributed by atoms with E-state index in [1.54, 1.807) is 12.4 Å². The van der Waals surface area contributed by atoms with E-state index in [-0.39, 0.29) is 11.7 Å². The van der Waals surface area contributed by atoms with Gasteiger partial charge < -0.3 is 4.74 Å². The molecule has 2 atom stereocenters. The van der Waals surface area contributed by atoms with Gasteiger partial charge in [0.2, 0.25) is 0 Å². The molecule has 20 heavy (non-hydrogen) atoms. The zero-order valence-electron chi connectivity index (χ0n) is 12.6. The second kappa shape index (κ2) is 7.41. The van der Waals surface area contributed by atoms with Crippen molar-refractivity contribution in [1.82, 2.24) is 4.98 Å². The summed E-state index contributed by atoms with van der Waals surface area (Å²) >= 11 is 0. The Labute approximate surface area is 121 Å². The van der Waals surface area contributed by atoms with Gasteiger partial charge >= 0.3 is 0 Å². The topological polar surface area (TPSA) is 39.2 Å². The van der Waals surface area contributed by atoms with Crippen molar-refractivity contribution in [3.05, 3.63) is 24.0 Å². The van der Waals surface area contributed by atoms with E-state index in [0.29, 0.717) is 23.8 Å². The Hall–Kier alpha value is -1.38. The molecule has 1 aliphatic rings. The molecule has 0 saturated heterocycles. The third-order valence-electron chi connectivity index (χ3n) is 4.20. The van der Waals surface area contributed by atoms with Gasteiger partial charge in [-0.15, -0.1) is 0 Å². The molecule has 3 heteroatoms. The van der Waals surface area contributed by atoms with Crippen LogP contribution in [-0.4, -0.2) is 17.4 Å². The van der Waals surface area contributed by atoms with E-state index in [2.05, 4.69) is 18.8 Å². The van der Waals surface area contributed by atoms with E-state index < -0.39 is 0 Å². The van der Waals surface area contributed by atoms with E-state index in [1.807, 2.05) is 6.07 Å². The van der Waals surface area contributed by atoms with E-state index in [4.69, 9.17) is 4.74 Å². The Balaban J connectivity index is 2.04. The molecular weight excluding hydrogens is 250 g/mol. The summed E-state index contributed by atoms with van der Waals surface area (Å²) in [4.78, 5) is 16.7. The van der Waals surface area contributed by atoms with Gasteiger partial charge in [0.05, 0.1) is 12.8 Å². The Morgan fingerprint density at radius 1 is 1.35 bits per heavy atom. The summed E-state index contributed by atoms with van der Waals surface area (Å²) in [5, 5.41) is 0. The zero-order chi connectivity index (χ0) is 14.4. The molecule has 3 nitrogen and oxygen atoms in total. The SMILES string of the molecule is CCCOc1cncc(C(=O)C2CCCC(CC)C2)c1. The quantitative estimate of drug-likeness (QED) is 0.728. The van der Waals surface area contributed by atoms with Crippen LogP contribution >= 0.6 is 0 Å². The average Bonchev–Trinajstić information content (AvgIpc) is 2.52. The number of ether oxygens (including phenoxy) is 1. The lowest BCUT2D eigenvalue weighted by molar-refractivity contribution is 0.0861. The zero-order valence-corrected chi connectivity index (χ0v) is 12.6. The lowest BCUT2D eigenvalue weighted by Gasteiger charge is -2.27. The molecule has 0 spiro atoms. The van der Waals surface area contributed by atoms with Crippen LogP contribution in [0, 0.1) is 11.8 Å². The standard InChI is InChI=1S/C17H25NO2/c1-3-8-20-16-10-15(11-18-12-16)17(19)14-7-5-6-13(4-2)9-14/h10-14H,3-9H2,1-2H3. The van der Waals surface area contributed by atoms with Crippen LogP contribution in [0.15, 0.2) is 18.5 Å². The summed E-state index contributed by atoms with van der Waals surface area (Å²) in [5.74, 6) is 1.85. The number of carbonyl (C=O) groups is 1. The highest BCUT2D eigenvalue weighted by molar-refractivity contribution is 5.97. The number of pyridine rings is 1. The van der Waals surface area contributed by atoms with Gasteiger partial charge in [0, 0.05) is 17.7 Å². The molecule has 0 radical (unpaired) electrons. The van der Waals surface area contributed by atoms with E-state index in [9.17, 15) is 4.79 Å². The van der Waals surface area contributed by atoms with Crippen LogP contribution in [0.2, 0.25) is 0 Å². The summed E-state index contributed by atoms with van der Waals surface area (Å²) < 4.78 is 5.56. The fraction of sp³-hybridized carbons (Fsp3) is 0.647. The van der Waals surface area contributed by atoms with Crippen LogP contribution in [0.3, 0.4) is 0 Å². The Morgan fingerprint density at radius 2 is 2.20 bits per heavy atom. The first-order valence-electron chi connectivity index (χ1n) is 7.86. The van der Waals surface area contributed by atoms with Crippen molar-refractivity contribution in [3.8, 4) is 5.75 Å². The van der Waals surface area contributed by atoms with Crippen LogP contribution in [0.1, 0.15) is 62.7 Å².